The highest BCUT2D eigenvalue weighted by Crippen LogP contribution is 2.26. The van der Waals surface area contributed by atoms with E-state index in [0.29, 0.717) is 22.4 Å². The van der Waals surface area contributed by atoms with E-state index in [-0.39, 0.29) is 17.0 Å². The van der Waals surface area contributed by atoms with Gasteiger partial charge in [0.15, 0.2) is 0 Å². The summed E-state index contributed by atoms with van der Waals surface area (Å²) in [5, 5.41) is 21.1. The molecule has 0 aliphatic carbocycles. The van der Waals surface area contributed by atoms with E-state index in [4.69, 9.17) is 5.11 Å². The van der Waals surface area contributed by atoms with Crippen molar-refractivity contribution in [2.75, 3.05) is 5.32 Å². The zero-order valence-corrected chi connectivity index (χ0v) is 15.0. The van der Waals surface area contributed by atoms with Crippen LogP contribution in [0.1, 0.15) is 36.6 Å². The molecule has 0 aliphatic rings. The number of hydrogen-bond donors (Lipinski definition) is 3. The van der Waals surface area contributed by atoms with Gasteiger partial charge in [-0.05, 0) is 60.5 Å². The lowest BCUT2D eigenvalue weighted by Gasteiger charge is -2.10. The van der Waals surface area contributed by atoms with Crippen LogP contribution in [0.2, 0.25) is 0 Å². The molecule has 0 aliphatic heterocycles. The molecule has 0 spiro atoms. The molecule has 3 rings (SSSR count). The summed E-state index contributed by atoms with van der Waals surface area (Å²) in [4.78, 5) is 34.9. The fraction of sp³-hybridized carbons (Fsp3) is 0.0455. The summed E-state index contributed by atoms with van der Waals surface area (Å²) in [7, 11) is 0. The molecular formula is C22H17NO5. The Balaban J connectivity index is 1.95. The van der Waals surface area contributed by atoms with Crippen molar-refractivity contribution >= 4 is 23.5 Å². The number of anilines is 1. The summed E-state index contributed by atoms with van der Waals surface area (Å²) in [6.07, 6.45) is 0. The highest BCUT2D eigenvalue weighted by Gasteiger charge is 2.12. The van der Waals surface area contributed by atoms with Crippen LogP contribution in [-0.4, -0.2) is 28.1 Å². The molecule has 1 amide bonds. The van der Waals surface area contributed by atoms with Gasteiger partial charge in [0.1, 0.15) is 0 Å². The topological polar surface area (TPSA) is 104 Å². The standard InChI is InChI=1S/C22H17NO5/c1-13-2-4-15(5-3-13)20(24)23-19-11-17(10-18(12-19)22(27)28)14-6-8-16(9-7-14)21(25)26/h2-12H,1H3,(H,23,24)(H,25,26)(H,27,28). The van der Waals surface area contributed by atoms with Crippen LogP contribution in [0.3, 0.4) is 0 Å². The Bertz CT molecular complexity index is 1050. The van der Waals surface area contributed by atoms with Crippen LogP contribution in [0.25, 0.3) is 11.1 Å². The summed E-state index contributed by atoms with van der Waals surface area (Å²) in [6, 6.07) is 17.6. The number of aryl methyl sites for hydroxylation is 1. The molecule has 0 heterocycles. The third-order valence-electron chi connectivity index (χ3n) is 4.22. The van der Waals surface area contributed by atoms with Crippen molar-refractivity contribution in [2.24, 2.45) is 0 Å². The molecule has 6 nitrogen and oxygen atoms in total. The van der Waals surface area contributed by atoms with Crippen LogP contribution in [-0.2, 0) is 0 Å². The molecule has 140 valence electrons. The molecule has 0 bridgehead atoms. The first-order chi connectivity index (χ1) is 13.3. The van der Waals surface area contributed by atoms with Crippen LogP contribution < -0.4 is 5.32 Å². The SMILES string of the molecule is Cc1ccc(C(=O)Nc2cc(C(=O)O)cc(-c3ccc(C(=O)O)cc3)c2)cc1. The fourth-order valence-electron chi connectivity index (χ4n) is 2.70. The highest BCUT2D eigenvalue weighted by molar-refractivity contribution is 6.05. The van der Waals surface area contributed by atoms with Gasteiger partial charge in [-0.1, -0.05) is 29.8 Å². The number of nitrogens with one attached hydrogen (secondary N) is 1. The van der Waals surface area contributed by atoms with Crippen molar-refractivity contribution in [3.8, 4) is 11.1 Å². The first-order valence-electron chi connectivity index (χ1n) is 8.43. The van der Waals surface area contributed by atoms with Crippen LogP contribution in [0, 0.1) is 6.92 Å². The van der Waals surface area contributed by atoms with E-state index >= 15 is 0 Å². The maximum absolute atomic E-state index is 12.5. The molecule has 0 saturated carbocycles. The minimum atomic E-state index is -1.13. The normalized spacial score (nSPS) is 10.3. The van der Waals surface area contributed by atoms with Gasteiger partial charge in [0, 0.05) is 11.3 Å². The molecule has 3 N–H and O–H groups in total. The smallest absolute Gasteiger partial charge is 0.335 e. The van der Waals surface area contributed by atoms with Crippen molar-refractivity contribution in [3.63, 3.8) is 0 Å². The van der Waals surface area contributed by atoms with Gasteiger partial charge in [-0.3, -0.25) is 4.79 Å². The summed E-state index contributed by atoms with van der Waals surface area (Å²) in [5.41, 5.74) is 3.15. The number of carbonyl (C=O) groups is 3. The van der Waals surface area contributed by atoms with Crippen LogP contribution in [0.15, 0.2) is 66.7 Å². The molecule has 0 aromatic heterocycles. The maximum atomic E-state index is 12.5. The first kappa shape index (κ1) is 18.8. The number of carbonyl (C=O) groups excluding carboxylic acids is 1. The summed E-state index contributed by atoms with van der Waals surface area (Å²) >= 11 is 0. The van der Waals surface area contributed by atoms with Gasteiger partial charge in [0.05, 0.1) is 11.1 Å². The van der Waals surface area contributed by atoms with Gasteiger partial charge in [0.25, 0.3) is 5.91 Å². The second-order valence-corrected chi connectivity index (χ2v) is 6.31. The van der Waals surface area contributed by atoms with Gasteiger partial charge in [0.2, 0.25) is 0 Å². The van der Waals surface area contributed by atoms with Crippen molar-refractivity contribution in [1.82, 2.24) is 0 Å². The predicted octanol–water partition coefficient (Wildman–Crippen LogP) is 4.31. The average Bonchev–Trinajstić information content (AvgIpc) is 2.68. The molecule has 28 heavy (non-hydrogen) atoms. The summed E-state index contributed by atoms with van der Waals surface area (Å²) in [6.45, 7) is 1.92. The van der Waals surface area contributed by atoms with E-state index in [9.17, 15) is 19.5 Å². The van der Waals surface area contributed by atoms with Gasteiger partial charge in [-0.2, -0.15) is 0 Å². The largest absolute Gasteiger partial charge is 0.478 e. The lowest BCUT2D eigenvalue weighted by atomic mass is 10.0. The van der Waals surface area contributed by atoms with Crippen LogP contribution >= 0.6 is 0 Å². The minimum absolute atomic E-state index is 0.0130. The third-order valence-corrected chi connectivity index (χ3v) is 4.22. The van der Waals surface area contributed by atoms with Gasteiger partial charge in [-0.15, -0.1) is 0 Å². The Morgan fingerprint density at radius 2 is 1.25 bits per heavy atom. The summed E-state index contributed by atoms with van der Waals surface area (Å²) in [5.74, 6) is -2.53. The Hall–Kier alpha value is -3.93. The van der Waals surface area contributed by atoms with Crippen molar-refractivity contribution in [3.05, 3.63) is 89.0 Å². The number of carboxylic acid groups (broad SMARTS) is 2. The molecule has 6 heteroatoms. The molecular weight excluding hydrogens is 358 g/mol. The lowest BCUT2D eigenvalue weighted by molar-refractivity contribution is 0.0686. The lowest BCUT2D eigenvalue weighted by Crippen LogP contribution is -2.12. The monoisotopic (exact) mass is 375 g/mol. The second-order valence-electron chi connectivity index (χ2n) is 6.31. The second kappa shape index (κ2) is 7.75. The Morgan fingerprint density at radius 1 is 0.679 bits per heavy atom. The van der Waals surface area contributed by atoms with E-state index in [1.165, 1.54) is 24.3 Å². The Labute approximate surface area is 161 Å². The molecule has 0 unspecified atom stereocenters. The van der Waals surface area contributed by atoms with Gasteiger partial charge in [-0.25, -0.2) is 9.59 Å². The molecule has 0 atom stereocenters. The van der Waals surface area contributed by atoms with E-state index in [2.05, 4.69) is 5.32 Å². The number of rotatable bonds is 5. The quantitative estimate of drug-likeness (QED) is 0.616. The van der Waals surface area contributed by atoms with Gasteiger partial charge >= 0.3 is 11.9 Å². The van der Waals surface area contributed by atoms with Gasteiger partial charge < -0.3 is 15.5 Å². The minimum Gasteiger partial charge on any atom is -0.478 e. The summed E-state index contributed by atoms with van der Waals surface area (Å²) < 4.78 is 0. The number of amides is 1. The van der Waals surface area contributed by atoms with E-state index in [1.54, 1.807) is 30.3 Å². The Morgan fingerprint density at radius 3 is 1.82 bits per heavy atom. The number of hydrogen-bond acceptors (Lipinski definition) is 3. The molecule has 3 aromatic rings. The zero-order chi connectivity index (χ0) is 20.3. The van der Waals surface area contributed by atoms with Crippen LogP contribution in [0.4, 0.5) is 5.69 Å². The maximum Gasteiger partial charge on any atom is 0.335 e. The number of benzene rings is 3. The van der Waals surface area contributed by atoms with Crippen molar-refractivity contribution < 1.29 is 24.6 Å². The van der Waals surface area contributed by atoms with Crippen molar-refractivity contribution in [2.45, 2.75) is 6.92 Å². The van der Waals surface area contributed by atoms with E-state index < -0.39 is 11.9 Å². The highest BCUT2D eigenvalue weighted by atomic mass is 16.4. The first-order valence-corrected chi connectivity index (χ1v) is 8.43. The zero-order valence-electron chi connectivity index (χ0n) is 15.0. The molecule has 0 radical (unpaired) electrons. The number of carboxylic acids is 2. The van der Waals surface area contributed by atoms with Crippen molar-refractivity contribution in [1.29, 1.82) is 0 Å². The average molecular weight is 375 g/mol. The van der Waals surface area contributed by atoms with Crippen LogP contribution in [0.5, 0.6) is 0 Å². The molecule has 0 fully saturated rings. The predicted molar refractivity (Wildman–Crippen MR) is 105 cm³/mol. The third kappa shape index (κ3) is 4.24. The van der Waals surface area contributed by atoms with E-state index in [0.717, 1.165) is 5.56 Å². The van der Waals surface area contributed by atoms with E-state index in [1.807, 2.05) is 19.1 Å². The molecule has 3 aromatic carbocycles. The number of aromatic carboxylic acids is 2. The fourth-order valence-corrected chi connectivity index (χ4v) is 2.70. The molecule has 0 saturated heterocycles. The Kier molecular flexibility index (Phi) is 5.22.